The number of carbonyl (C=O) groups is 2. The summed E-state index contributed by atoms with van der Waals surface area (Å²) in [7, 11) is 4.08. The third kappa shape index (κ3) is 26.5. The molecular weight excluding hydrogens is 474 g/mol. The molecule has 5 nitrogen and oxygen atoms in total. The summed E-state index contributed by atoms with van der Waals surface area (Å²) in [6.07, 6.45) is 22.1. The number of hydrogen-bond acceptors (Lipinski definition) is 5. The van der Waals surface area contributed by atoms with Crippen molar-refractivity contribution in [3.05, 3.63) is 0 Å². The van der Waals surface area contributed by atoms with Crippen molar-refractivity contribution >= 4 is 11.9 Å². The van der Waals surface area contributed by atoms with Gasteiger partial charge in [0.15, 0.2) is 0 Å². The van der Waals surface area contributed by atoms with Crippen LogP contribution >= 0.6 is 0 Å². The predicted octanol–water partition coefficient (Wildman–Crippen LogP) is 9.51. The fourth-order valence-corrected chi connectivity index (χ4v) is 4.68. The first-order valence-electron chi connectivity index (χ1n) is 16.4. The number of rotatable bonds is 26. The van der Waals surface area contributed by atoms with E-state index in [0.717, 1.165) is 64.3 Å². The van der Waals surface area contributed by atoms with Crippen LogP contribution in [0.1, 0.15) is 163 Å². The molecule has 0 aliphatic heterocycles. The maximum atomic E-state index is 12.3. The smallest absolute Gasteiger partial charge is 0.308 e. The summed E-state index contributed by atoms with van der Waals surface area (Å²) in [5.41, 5.74) is 0. The zero-order chi connectivity index (χ0) is 28.9. The lowest BCUT2D eigenvalue weighted by Crippen LogP contribution is -2.20. The third-order valence-electron chi connectivity index (χ3n) is 7.04. The molecule has 0 saturated heterocycles. The highest BCUT2D eigenvalue weighted by molar-refractivity contribution is 5.72. The van der Waals surface area contributed by atoms with E-state index in [4.69, 9.17) is 9.47 Å². The third-order valence-corrected chi connectivity index (χ3v) is 7.04. The van der Waals surface area contributed by atoms with Gasteiger partial charge in [-0.1, -0.05) is 105 Å². The fraction of sp³-hybridized carbons (Fsp3) is 0.939. The van der Waals surface area contributed by atoms with Crippen LogP contribution < -0.4 is 0 Å². The quantitative estimate of drug-likeness (QED) is 0.0806. The van der Waals surface area contributed by atoms with Gasteiger partial charge in [-0.2, -0.15) is 0 Å². The first-order valence-corrected chi connectivity index (χ1v) is 16.4. The fourth-order valence-electron chi connectivity index (χ4n) is 4.68. The van der Waals surface area contributed by atoms with Crippen LogP contribution in [0.15, 0.2) is 0 Å². The van der Waals surface area contributed by atoms with E-state index in [1.807, 2.05) is 27.9 Å². The molecule has 0 fully saturated rings. The Balaban J connectivity index is 0. The van der Waals surface area contributed by atoms with Crippen LogP contribution in [0.4, 0.5) is 0 Å². The highest BCUT2D eigenvalue weighted by atomic mass is 16.5. The van der Waals surface area contributed by atoms with Gasteiger partial charge in [0.05, 0.1) is 12.5 Å². The zero-order valence-electron chi connectivity index (χ0n) is 26.8. The molecule has 0 saturated carbocycles. The molecule has 0 N–H and O–H groups in total. The zero-order valence-corrected chi connectivity index (χ0v) is 26.8. The molecule has 0 rings (SSSR count). The highest BCUT2D eigenvalue weighted by Crippen LogP contribution is 2.18. The van der Waals surface area contributed by atoms with Crippen molar-refractivity contribution in [2.24, 2.45) is 5.92 Å². The van der Waals surface area contributed by atoms with E-state index < -0.39 is 0 Å². The number of hydrogen-bond donors (Lipinski definition) is 0. The van der Waals surface area contributed by atoms with Crippen molar-refractivity contribution < 1.29 is 19.1 Å². The first kappa shape index (κ1) is 39.0. The van der Waals surface area contributed by atoms with E-state index in [1.54, 1.807) is 0 Å². The Kier molecular flexibility index (Phi) is 31.3. The number of carbonyl (C=O) groups excluding carboxylic acids is 2. The Hall–Kier alpha value is -1.10. The summed E-state index contributed by atoms with van der Waals surface area (Å²) in [4.78, 5) is 26.5. The molecule has 0 amide bonds. The lowest BCUT2D eigenvalue weighted by Gasteiger charge is -2.18. The maximum Gasteiger partial charge on any atom is 0.308 e. The largest absolute Gasteiger partial charge is 0.465 e. The van der Waals surface area contributed by atoms with Gasteiger partial charge in [-0.25, -0.2) is 0 Å². The van der Waals surface area contributed by atoms with Gasteiger partial charge in [0.1, 0.15) is 6.10 Å². The van der Waals surface area contributed by atoms with E-state index >= 15 is 0 Å². The van der Waals surface area contributed by atoms with Gasteiger partial charge in [0.25, 0.3) is 0 Å². The molecular formula is C33H67NO4. The predicted molar refractivity (Wildman–Crippen MR) is 164 cm³/mol. The molecule has 2 atom stereocenters. The van der Waals surface area contributed by atoms with E-state index in [2.05, 4.69) is 25.7 Å². The van der Waals surface area contributed by atoms with E-state index in [-0.39, 0.29) is 24.0 Å². The summed E-state index contributed by atoms with van der Waals surface area (Å²) in [6.45, 7) is 11.9. The van der Waals surface area contributed by atoms with Crippen LogP contribution in [0, 0.1) is 5.92 Å². The van der Waals surface area contributed by atoms with Gasteiger partial charge in [-0.15, -0.1) is 0 Å². The average molecular weight is 542 g/mol. The monoisotopic (exact) mass is 542 g/mol. The van der Waals surface area contributed by atoms with E-state index in [0.29, 0.717) is 13.0 Å². The van der Waals surface area contributed by atoms with Crippen LogP contribution in [0.3, 0.4) is 0 Å². The van der Waals surface area contributed by atoms with Crippen LogP contribution in [0.2, 0.25) is 0 Å². The summed E-state index contributed by atoms with van der Waals surface area (Å²) in [5, 5.41) is 0. The van der Waals surface area contributed by atoms with E-state index in [9.17, 15) is 9.59 Å². The Morgan fingerprint density at radius 2 is 1.18 bits per heavy atom. The topological polar surface area (TPSA) is 55.8 Å². The molecule has 0 heterocycles. The molecule has 38 heavy (non-hydrogen) atoms. The Morgan fingerprint density at radius 1 is 0.658 bits per heavy atom. The molecule has 0 aromatic rings. The molecule has 0 aromatic carbocycles. The van der Waals surface area contributed by atoms with Crippen molar-refractivity contribution in [1.82, 2.24) is 4.90 Å². The normalized spacial score (nSPS) is 12.5. The minimum absolute atomic E-state index is 0.00624. The summed E-state index contributed by atoms with van der Waals surface area (Å²) in [6, 6.07) is 0. The lowest BCUT2D eigenvalue weighted by atomic mass is 10.0. The Labute approximate surface area is 238 Å². The minimum atomic E-state index is -0.0199. The van der Waals surface area contributed by atoms with Crippen LogP contribution in [0.5, 0.6) is 0 Å². The van der Waals surface area contributed by atoms with Crippen molar-refractivity contribution in [1.29, 1.82) is 0 Å². The van der Waals surface area contributed by atoms with Crippen molar-refractivity contribution in [3.63, 3.8) is 0 Å². The van der Waals surface area contributed by atoms with Crippen LogP contribution in [-0.2, 0) is 19.1 Å². The summed E-state index contributed by atoms with van der Waals surface area (Å²) >= 11 is 0. The first-order chi connectivity index (χ1) is 18.4. The number of nitrogens with zero attached hydrogens (tertiary/aromatic N) is 1. The average Bonchev–Trinajstić information content (AvgIpc) is 2.90. The van der Waals surface area contributed by atoms with Crippen molar-refractivity contribution in [2.45, 2.75) is 169 Å². The summed E-state index contributed by atoms with van der Waals surface area (Å²) in [5.74, 6) is 0.0546. The van der Waals surface area contributed by atoms with Gasteiger partial charge in [-0.05, 0) is 72.0 Å². The molecule has 228 valence electrons. The molecule has 0 aliphatic rings. The maximum absolute atomic E-state index is 12.3. The Morgan fingerprint density at radius 3 is 1.68 bits per heavy atom. The molecule has 0 bridgehead atoms. The standard InChI is InChI=1S/C31H61NO4.C2H6/c1-6-9-10-11-15-18-23-29(36-30(33)25-21-26-32(4)5)24-19-16-13-12-14-17-20-27-35-31(34)28(8-3)22-7-2;1-2/h28-29H,6-27H2,1-5H3;1-2H3. The second-order valence-electron chi connectivity index (χ2n) is 10.9. The van der Waals surface area contributed by atoms with Crippen LogP contribution in [0.25, 0.3) is 0 Å². The van der Waals surface area contributed by atoms with E-state index in [1.165, 1.54) is 64.2 Å². The molecule has 5 heteroatoms. The van der Waals surface area contributed by atoms with Gasteiger partial charge in [0, 0.05) is 6.42 Å². The number of ether oxygens (including phenoxy) is 2. The van der Waals surface area contributed by atoms with Crippen molar-refractivity contribution in [2.75, 3.05) is 27.2 Å². The number of unbranched alkanes of at least 4 members (excludes halogenated alkanes) is 11. The second kappa shape index (κ2) is 30.4. The van der Waals surface area contributed by atoms with Gasteiger partial charge in [-0.3, -0.25) is 9.59 Å². The minimum Gasteiger partial charge on any atom is -0.465 e. The van der Waals surface area contributed by atoms with Gasteiger partial charge < -0.3 is 14.4 Å². The molecule has 0 radical (unpaired) electrons. The van der Waals surface area contributed by atoms with Crippen molar-refractivity contribution in [3.8, 4) is 0 Å². The lowest BCUT2D eigenvalue weighted by molar-refractivity contribution is -0.150. The second-order valence-corrected chi connectivity index (χ2v) is 10.9. The van der Waals surface area contributed by atoms with Gasteiger partial charge in [0.2, 0.25) is 0 Å². The Bertz CT molecular complexity index is 509. The SMILES string of the molecule is CC.CCCCCCCCC(CCCCCCCCCOC(=O)C(CC)CCC)OC(=O)CCCN(C)C. The molecule has 2 unspecified atom stereocenters. The number of esters is 2. The summed E-state index contributed by atoms with van der Waals surface area (Å²) < 4.78 is 11.4. The van der Waals surface area contributed by atoms with Gasteiger partial charge >= 0.3 is 11.9 Å². The van der Waals surface area contributed by atoms with Crippen LogP contribution in [-0.4, -0.2) is 50.2 Å². The molecule has 0 spiro atoms. The molecule has 0 aliphatic carbocycles. The highest BCUT2D eigenvalue weighted by Gasteiger charge is 2.16. The molecule has 0 aromatic heterocycles.